The normalized spacial score (nSPS) is 27.1. The number of hydrogen-bond donors (Lipinski definition) is 3. The number of alkyl halides is 2. The smallest absolute Gasteiger partial charge is 0.407 e. The van der Waals surface area contributed by atoms with Crippen LogP contribution in [0.15, 0.2) is 18.2 Å². The molecule has 5 rings (SSSR count). The average Bonchev–Trinajstić information content (AvgIpc) is 3.33. The van der Waals surface area contributed by atoms with Gasteiger partial charge in [0, 0.05) is 12.5 Å². The van der Waals surface area contributed by atoms with Crippen LogP contribution in [0.5, 0.6) is 5.75 Å². The number of rotatable bonds is 5. The Morgan fingerprint density at radius 2 is 1.94 bits per heavy atom. The molecule has 3 heterocycles. The van der Waals surface area contributed by atoms with Crippen LogP contribution in [0.2, 0.25) is 0 Å². The number of aryl methyl sites for hydroxylation is 1. The molecule has 1 aromatic carbocycles. The summed E-state index contributed by atoms with van der Waals surface area (Å²) < 4.78 is 38.0. The Balaban J connectivity index is 1.50. The molecule has 256 valence electrons. The summed E-state index contributed by atoms with van der Waals surface area (Å²) >= 11 is 0. The minimum atomic E-state index is -2.96. The number of carboxylic acid groups (broad SMARTS) is 1. The molecule has 2 aromatic rings. The van der Waals surface area contributed by atoms with Gasteiger partial charge in [0.2, 0.25) is 18.2 Å². The van der Waals surface area contributed by atoms with Gasteiger partial charge in [0.1, 0.15) is 23.4 Å². The quantitative estimate of drug-likeness (QED) is 0.432. The van der Waals surface area contributed by atoms with Crippen molar-refractivity contribution in [2.24, 2.45) is 11.3 Å². The molecule has 0 spiro atoms. The minimum absolute atomic E-state index is 0.0342. The lowest BCUT2D eigenvalue weighted by atomic mass is 9.85. The lowest BCUT2D eigenvalue weighted by molar-refractivity contribution is -0.147. The number of carboxylic acids is 1. The zero-order chi connectivity index (χ0) is 34.1. The zero-order valence-corrected chi connectivity index (χ0v) is 26.9. The van der Waals surface area contributed by atoms with Crippen LogP contribution in [0.4, 0.5) is 13.6 Å². The number of methoxy groups -OCH3 is 1. The third kappa shape index (κ3) is 7.15. The minimum Gasteiger partial charge on any atom is -0.496 e. The molecule has 47 heavy (non-hydrogen) atoms. The summed E-state index contributed by atoms with van der Waals surface area (Å²) in [5.41, 5.74) is -1.39. The molecule has 3 amide bonds. The van der Waals surface area contributed by atoms with E-state index < -0.39 is 71.6 Å². The van der Waals surface area contributed by atoms with Crippen molar-refractivity contribution < 1.29 is 42.5 Å². The highest BCUT2D eigenvalue weighted by Gasteiger charge is 2.66. The lowest BCUT2D eigenvalue weighted by Crippen LogP contribution is -2.59. The van der Waals surface area contributed by atoms with Crippen LogP contribution in [0, 0.1) is 11.3 Å². The van der Waals surface area contributed by atoms with E-state index in [4.69, 9.17) is 9.47 Å². The molecule has 1 saturated heterocycles. The summed E-state index contributed by atoms with van der Waals surface area (Å²) in [5, 5.41) is 27.7. The summed E-state index contributed by atoms with van der Waals surface area (Å²) in [6.45, 7) is 5.29. The molecule has 3 N–H and O–H groups in total. The van der Waals surface area contributed by atoms with Crippen LogP contribution in [-0.4, -0.2) is 98.4 Å². The maximum absolute atomic E-state index is 14.2. The van der Waals surface area contributed by atoms with Crippen molar-refractivity contribution in [3.05, 3.63) is 29.6 Å². The Morgan fingerprint density at radius 3 is 2.60 bits per heavy atom. The van der Waals surface area contributed by atoms with E-state index in [0.717, 1.165) is 31.2 Å². The summed E-state index contributed by atoms with van der Waals surface area (Å²) in [6, 6.07) is 3.11. The predicted molar refractivity (Wildman–Crippen MR) is 161 cm³/mol. The number of halogens is 2. The van der Waals surface area contributed by atoms with E-state index in [1.165, 1.54) is 9.70 Å². The number of alkyl carbamates (subject to hydrolysis) is 1. The van der Waals surface area contributed by atoms with Gasteiger partial charge < -0.3 is 30.1 Å². The van der Waals surface area contributed by atoms with Crippen molar-refractivity contribution in [2.75, 3.05) is 20.3 Å². The number of carbonyl (C=O) groups excluding carboxylic acids is 3. The fourth-order valence-electron chi connectivity index (χ4n) is 6.35. The number of nitrogens with one attached hydrogen (secondary N) is 2. The van der Waals surface area contributed by atoms with E-state index in [1.807, 2.05) is 12.1 Å². The summed E-state index contributed by atoms with van der Waals surface area (Å²) in [6.07, 6.45) is -0.317. The highest BCUT2D eigenvalue weighted by molar-refractivity contribution is 5.96. The third-order valence-corrected chi connectivity index (χ3v) is 9.17. The molecule has 1 aliphatic carbocycles. The van der Waals surface area contributed by atoms with Crippen molar-refractivity contribution in [3.8, 4) is 11.4 Å². The van der Waals surface area contributed by atoms with E-state index >= 15 is 0 Å². The molecular weight excluding hydrogens is 620 g/mol. The van der Waals surface area contributed by atoms with Gasteiger partial charge in [-0.15, -0.1) is 15.0 Å². The Kier molecular flexibility index (Phi) is 9.68. The number of hydrogen-bond acceptors (Lipinski definition) is 9. The molecular formula is C31H41F2N7O7. The third-order valence-electron chi connectivity index (χ3n) is 9.17. The van der Waals surface area contributed by atoms with Crippen molar-refractivity contribution >= 4 is 23.9 Å². The Bertz CT molecular complexity index is 1510. The summed E-state index contributed by atoms with van der Waals surface area (Å²) in [7, 11) is 1.59. The molecule has 0 radical (unpaired) electrons. The van der Waals surface area contributed by atoms with Gasteiger partial charge in [0.15, 0.2) is 5.82 Å². The Morgan fingerprint density at radius 1 is 1.19 bits per heavy atom. The SMILES string of the molecule is COc1ccc2cc1CCCCCCOC(=O)N[C@@H](C(C)(C)C)C(=O)N1C[C@@H](C[C@H]1C(=O)N[C@@]1(C(=O)O)C[C@H]1C(F)F)c1nnn-2n1. The van der Waals surface area contributed by atoms with Crippen LogP contribution < -0.4 is 15.4 Å². The van der Waals surface area contributed by atoms with E-state index in [9.17, 15) is 33.1 Å². The van der Waals surface area contributed by atoms with Crippen LogP contribution in [0.3, 0.4) is 0 Å². The van der Waals surface area contributed by atoms with Gasteiger partial charge in [-0.05, 0) is 66.5 Å². The molecule has 16 heteroatoms. The highest BCUT2D eigenvalue weighted by atomic mass is 19.3. The number of cyclic esters (lactones) is 1. The molecule has 2 fully saturated rings. The molecule has 6 bridgehead atoms. The van der Waals surface area contributed by atoms with E-state index in [2.05, 4.69) is 26.0 Å². The molecule has 3 aliphatic rings. The second kappa shape index (κ2) is 13.4. The van der Waals surface area contributed by atoms with Gasteiger partial charge in [-0.3, -0.25) is 9.59 Å². The summed E-state index contributed by atoms with van der Waals surface area (Å²) in [5.74, 6) is -4.33. The molecule has 1 aromatic heterocycles. The van der Waals surface area contributed by atoms with Crippen molar-refractivity contribution in [3.63, 3.8) is 0 Å². The van der Waals surface area contributed by atoms with Crippen molar-refractivity contribution in [1.82, 2.24) is 35.7 Å². The number of ether oxygens (including phenoxy) is 2. The van der Waals surface area contributed by atoms with Gasteiger partial charge in [0.25, 0.3) is 0 Å². The Labute approximate surface area is 270 Å². The van der Waals surface area contributed by atoms with E-state index in [0.29, 0.717) is 17.9 Å². The second-order valence-electron chi connectivity index (χ2n) is 13.5. The van der Waals surface area contributed by atoms with Gasteiger partial charge in [-0.25, -0.2) is 18.4 Å². The highest BCUT2D eigenvalue weighted by Crippen LogP contribution is 2.48. The first kappa shape index (κ1) is 34.0. The average molecular weight is 662 g/mol. The zero-order valence-electron chi connectivity index (χ0n) is 26.9. The number of fused-ring (bicyclic) bond motifs is 8. The predicted octanol–water partition coefficient (Wildman–Crippen LogP) is 2.84. The topological polar surface area (TPSA) is 178 Å². The number of amides is 3. The molecule has 5 atom stereocenters. The standard InChI is InChI=1S/C31H41F2N7O7/c1-30(2,3)23-27(42)39-16-18(14-21(39)26(41)35-31(28(43)44)15-20(31)24(32)33)25-36-38-40(37-25)19-10-11-22(46-4)17(13-19)9-7-5-6-8-12-47-29(45)34-23/h10-11,13,18,20-21,23-24H,5-9,12,14-16H2,1-4H3,(H,34,45)(H,35,41)(H,43,44)/t18-,20+,21+,23-,31+/m1/s1. The van der Waals surface area contributed by atoms with Gasteiger partial charge in [-0.1, -0.05) is 33.6 Å². The summed E-state index contributed by atoms with van der Waals surface area (Å²) in [4.78, 5) is 55.3. The number of nitrogens with zero attached hydrogens (tertiary/aromatic N) is 5. The van der Waals surface area contributed by atoms with Gasteiger partial charge in [-0.2, -0.15) is 0 Å². The number of aromatic nitrogens is 4. The van der Waals surface area contributed by atoms with Crippen LogP contribution >= 0.6 is 0 Å². The molecule has 2 aliphatic heterocycles. The van der Waals surface area contributed by atoms with Crippen LogP contribution in [0.25, 0.3) is 5.69 Å². The first-order valence-corrected chi connectivity index (χ1v) is 15.8. The monoisotopic (exact) mass is 661 g/mol. The fraction of sp³-hybridized carbons (Fsp3) is 0.645. The Hall–Kier alpha value is -4.37. The molecule has 14 nitrogen and oxygen atoms in total. The lowest BCUT2D eigenvalue weighted by Gasteiger charge is -2.35. The fourth-order valence-corrected chi connectivity index (χ4v) is 6.35. The van der Waals surface area contributed by atoms with Crippen molar-refractivity contribution in [1.29, 1.82) is 0 Å². The maximum Gasteiger partial charge on any atom is 0.407 e. The van der Waals surface area contributed by atoms with E-state index in [1.54, 1.807) is 33.9 Å². The number of aliphatic carboxylic acids is 1. The molecule has 1 saturated carbocycles. The maximum atomic E-state index is 14.2. The van der Waals surface area contributed by atoms with Crippen molar-refractivity contribution in [2.45, 2.75) is 95.7 Å². The number of carbonyl (C=O) groups is 4. The first-order valence-electron chi connectivity index (χ1n) is 15.8. The second-order valence-corrected chi connectivity index (χ2v) is 13.5. The van der Waals surface area contributed by atoms with E-state index in [-0.39, 0.29) is 25.4 Å². The van der Waals surface area contributed by atoms with Crippen LogP contribution in [0.1, 0.15) is 76.6 Å². The largest absolute Gasteiger partial charge is 0.496 e. The van der Waals surface area contributed by atoms with Gasteiger partial charge >= 0.3 is 12.1 Å². The molecule has 0 unspecified atom stereocenters. The van der Waals surface area contributed by atoms with Crippen LogP contribution in [-0.2, 0) is 25.5 Å². The first-order chi connectivity index (χ1) is 22.2. The number of benzene rings is 1. The van der Waals surface area contributed by atoms with Gasteiger partial charge in [0.05, 0.1) is 25.3 Å². The number of tetrazole rings is 1.